The van der Waals surface area contributed by atoms with Gasteiger partial charge in [0.15, 0.2) is 0 Å². The fourth-order valence-electron chi connectivity index (χ4n) is 3.29. The van der Waals surface area contributed by atoms with Crippen LogP contribution in [-0.2, 0) is 6.54 Å². The average molecular weight is 303 g/mol. The van der Waals surface area contributed by atoms with Crippen molar-refractivity contribution in [3.63, 3.8) is 0 Å². The van der Waals surface area contributed by atoms with Gasteiger partial charge in [-0.25, -0.2) is 0 Å². The van der Waals surface area contributed by atoms with Crippen LogP contribution in [0, 0.1) is 11.8 Å². The molecule has 0 saturated carbocycles. The average Bonchev–Trinajstić information content (AvgIpc) is 3.11. The van der Waals surface area contributed by atoms with E-state index in [1.165, 1.54) is 19.3 Å². The van der Waals surface area contributed by atoms with Crippen molar-refractivity contribution in [1.82, 2.24) is 15.0 Å². The van der Waals surface area contributed by atoms with Gasteiger partial charge in [0.1, 0.15) is 6.26 Å². The number of rotatable bonds is 4. The number of hydrogen-bond acceptors (Lipinski definition) is 5. The summed E-state index contributed by atoms with van der Waals surface area (Å²) in [6, 6.07) is 2.44. The lowest BCUT2D eigenvalue weighted by Gasteiger charge is -2.31. The maximum atomic E-state index is 5.44. The van der Waals surface area contributed by atoms with Crippen molar-refractivity contribution in [2.75, 3.05) is 6.54 Å². The fourth-order valence-corrected chi connectivity index (χ4v) is 3.29. The topological polar surface area (TPSA) is 55.3 Å². The second kappa shape index (κ2) is 6.65. The van der Waals surface area contributed by atoms with Crippen molar-refractivity contribution < 1.29 is 8.94 Å². The molecule has 1 aliphatic rings. The predicted octanol–water partition coefficient (Wildman–Crippen LogP) is 3.98. The standard InChI is InChI=1S/C17H25N3O2/c1-12(2)15-5-4-13(3)6-8-20(15)10-16-18-17(19-22-16)14-7-9-21-11-14/h7,9,11-13,15H,4-6,8,10H2,1-3H3. The predicted molar refractivity (Wildman–Crippen MR) is 84.1 cm³/mol. The van der Waals surface area contributed by atoms with Crippen molar-refractivity contribution in [2.24, 2.45) is 11.8 Å². The second-order valence-electron chi connectivity index (χ2n) is 6.78. The summed E-state index contributed by atoms with van der Waals surface area (Å²) in [6.07, 6.45) is 7.06. The molecule has 2 unspecified atom stereocenters. The minimum Gasteiger partial charge on any atom is -0.472 e. The lowest BCUT2D eigenvalue weighted by molar-refractivity contribution is 0.132. The van der Waals surface area contributed by atoms with Gasteiger partial charge in [-0.05, 0) is 43.7 Å². The van der Waals surface area contributed by atoms with Gasteiger partial charge in [0.25, 0.3) is 0 Å². The van der Waals surface area contributed by atoms with Crippen molar-refractivity contribution in [3.05, 3.63) is 24.5 Å². The van der Waals surface area contributed by atoms with E-state index in [2.05, 4.69) is 35.8 Å². The molecule has 5 nitrogen and oxygen atoms in total. The molecule has 5 heteroatoms. The first-order chi connectivity index (χ1) is 10.6. The molecule has 3 heterocycles. The summed E-state index contributed by atoms with van der Waals surface area (Å²) in [5, 5.41) is 4.06. The molecule has 2 aromatic rings. The van der Waals surface area contributed by atoms with Crippen LogP contribution in [-0.4, -0.2) is 27.6 Å². The highest BCUT2D eigenvalue weighted by atomic mass is 16.5. The van der Waals surface area contributed by atoms with Crippen molar-refractivity contribution in [2.45, 2.75) is 52.6 Å². The van der Waals surface area contributed by atoms with E-state index in [1.54, 1.807) is 12.5 Å². The van der Waals surface area contributed by atoms with Gasteiger partial charge in [0.05, 0.1) is 18.4 Å². The molecule has 22 heavy (non-hydrogen) atoms. The van der Waals surface area contributed by atoms with Crippen LogP contribution in [0.2, 0.25) is 0 Å². The Labute approximate surface area is 131 Å². The van der Waals surface area contributed by atoms with Gasteiger partial charge >= 0.3 is 0 Å². The Morgan fingerprint density at radius 2 is 2.18 bits per heavy atom. The first-order valence-electron chi connectivity index (χ1n) is 8.22. The summed E-state index contributed by atoms with van der Waals surface area (Å²) >= 11 is 0. The molecule has 0 aromatic carbocycles. The first-order valence-corrected chi connectivity index (χ1v) is 8.22. The third-order valence-corrected chi connectivity index (χ3v) is 4.69. The lowest BCUT2D eigenvalue weighted by atomic mass is 9.95. The molecule has 1 fully saturated rings. The molecule has 0 amide bonds. The van der Waals surface area contributed by atoms with E-state index in [1.807, 2.05) is 6.07 Å². The van der Waals surface area contributed by atoms with Gasteiger partial charge in [0.2, 0.25) is 11.7 Å². The van der Waals surface area contributed by atoms with Crippen molar-refractivity contribution in [3.8, 4) is 11.4 Å². The minimum atomic E-state index is 0.592. The van der Waals surface area contributed by atoms with Gasteiger partial charge in [-0.3, -0.25) is 4.90 Å². The van der Waals surface area contributed by atoms with Gasteiger partial charge in [-0.1, -0.05) is 25.9 Å². The van der Waals surface area contributed by atoms with Crippen LogP contribution in [0.15, 0.2) is 27.5 Å². The van der Waals surface area contributed by atoms with Gasteiger partial charge in [-0.2, -0.15) is 4.98 Å². The summed E-state index contributed by atoms with van der Waals surface area (Å²) < 4.78 is 10.5. The summed E-state index contributed by atoms with van der Waals surface area (Å²) in [5.41, 5.74) is 0.861. The molecule has 2 aromatic heterocycles. The summed E-state index contributed by atoms with van der Waals surface area (Å²) in [6.45, 7) is 8.80. The third-order valence-electron chi connectivity index (χ3n) is 4.69. The molecule has 1 aliphatic heterocycles. The van der Waals surface area contributed by atoms with E-state index in [-0.39, 0.29) is 0 Å². The highest BCUT2D eigenvalue weighted by Gasteiger charge is 2.27. The fraction of sp³-hybridized carbons (Fsp3) is 0.647. The zero-order chi connectivity index (χ0) is 15.5. The molecular formula is C17H25N3O2. The maximum Gasteiger partial charge on any atom is 0.241 e. The van der Waals surface area contributed by atoms with Crippen LogP contribution in [0.5, 0.6) is 0 Å². The van der Waals surface area contributed by atoms with Gasteiger partial charge < -0.3 is 8.94 Å². The number of likely N-dealkylation sites (tertiary alicyclic amines) is 1. The molecule has 120 valence electrons. The van der Waals surface area contributed by atoms with E-state index in [0.717, 1.165) is 24.6 Å². The Hall–Kier alpha value is -1.62. The molecule has 0 N–H and O–H groups in total. The smallest absolute Gasteiger partial charge is 0.241 e. The zero-order valence-corrected chi connectivity index (χ0v) is 13.7. The van der Waals surface area contributed by atoms with E-state index in [4.69, 9.17) is 8.94 Å². The van der Waals surface area contributed by atoms with Crippen LogP contribution < -0.4 is 0 Å². The number of aromatic nitrogens is 2. The highest BCUT2D eigenvalue weighted by molar-refractivity contribution is 5.51. The lowest BCUT2D eigenvalue weighted by Crippen LogP contribution is -2.38. The number of nitrogens with zero attached hydrogens (tertiary/aromatic N) is 3. The number of hydrogen-bond donors (Lipinski definition) is 0. The van der Waals surface area contributed by atoms with Crippen molar-refractivity contribution >= 4 is 0 Å². The molecule has 0 bridgehead atoms. The van der Waals surface area contributed by atoms with Gasteiger partial charge in [0, 0.05) is 6.04 Å². The molecule has 0 radical (unpaired) electrons. The maximum absolute atomic E-state index is 5.44. The Bertz CT molecular complexity index is 577. The molecular weight excluding hydrogens is 278 g/mol. The van der Waals surface area contributed by atoms with Crippen LogP contribution in [0.1, 0.15) is 45.9 Å². The molecule has 0 aliphatic carbocycles. The minimum absolute atomic E-state index is 0.592. The number of furan rings is 1. The SMILES string of the molecule is CC1CCC(C(C)C)N(Cc2nc(-c3ccoc3)no2)CC1. The summed E-state index contributed by atoms with van der Waals surface area (Å²) in [5.74, 6) is 2.74. The van der Waals surface area contributed by atoms with Crippen LogP contribution in [0.4, 0.5) is 0 Å². The summed E-state index contributed by atoms with van der Waals surface area (Å²) in [4.78, 5) is 7.03. The molecule has 3 rings (SSSR count). The van der Waals surface area contributed by atoms with Crippen molar-refractivity contribution in [1.29, 1.82) is 0 Å². The Kier molecular flexibility index (Phi) is 4.62. The van der Waals surface area contributed by atoms with E-state index >= 15 is 0 Å². The van der Waals surface area contributed by atoms with E-state index in [0.29, 0.717) is 23.7 Å². The first kappa shape index (κ1) is 15.3. The third kappa shape index (κ3) is 3.40. The van der Waals surface area contributed by atoms with E-state index in [9.17, 15) is 0 Å². The van der Waals surface area contributed by atoms with Gasteiger partial charge in [-0.15, -0.1) is 0 Å². The summed E-state index contributed by atoms with van der Waals surface area (Å²) in [7, 11) is 0. The monoisotopic (exact) mass is 303 g/mol. The zero-order valence-electron chi connectivity index (χ0n) is 13.7. The van der Waals surface area contributed by atoms with Crippen LogP contribution in [0.3, 0.4) is 0 Å². The molecule has 2 atom stereocenters. The highest BCUT2D eigenvalue weighted by Crippen LogP contribution is 2.27. The Balaban J connectivity index is 1.72. The molecule has 0 spiro atoms. The molecule has 1 saturated heterocycles. The largest absolute Gasteiger partial charge is 0.472 e. The second-order valence-corrected chi connectivity index (χ2v) is 6.78. The quantitative estimate of drug-likeness (QED) is 0.855. The Morgan fingerprint density at radius 3 is 2.91 bits per heavy atom. The normalized spacial score (nSPS) is 23.8. The Morgan fingerprint density at radius 1 is 1.32 bits per heavy atom. The van der Waals surface area contributed by atoms with Crippen LogP contribution in [0.25, 0.3) is 11.4 Å². The van der Waals surface area contributed by atoms with Crippen LogP contribution >= 0.6 is 0 Å². The van der Waals surface area contributed by atoms with E-state index < -0.39 is 0 Å².